The van der Waals surface area contributed by atoms with E-state index >= 15 is 8.78 Å². The number of benzene rings is 3. The fourth-order valence-corrected chi connectivity index (χ4v) is 4.16. The van der Waals surface area contributed by atoms with Crippen molar-refractivity contribution >= 4 is 10.0 Å². The summed E-state index contributed by atoms with van der Waals surface area (Å²) >= 11 is 0. The van der Waals surface area contributed by atoms with E-state index in [4.69, 9.17) is 14.6 Å². The number of hydrogen-bond acceptors (Lipinski definition) is 4. The number of nitrogens with two attached hydrogens (primary N) is 1. The van der Waals surface area contributed by atoms with Crippen LogP contribution in [0.3, 0.4) is 0 Å². The molecule has 0 saturated carbocycles. The highest BCUT2D eigenvalue weighted by Crippen LogP contribution is 2.48. The first-order valence-electron chi connectivity index (χ1n) is 9.05. The average molecular weight is 509 g/mol. The molecule has 0 aliphatic carbocycles. The summed E-state index contributed by atoms with van der Waals surface area (Å²) in [5.41, 5.74) is -4.87. The predicted molar refractivity (Wildman–Crippen MR) is 107 cm³/mol. The van der Waals surface area contributed by atoms with Crippen LogP contribution in [0.1, 0.15) is 5.56 Å². The molecule has 0 amide bonds. The van der Waals surface area contributed by atoms with Gasteiger partial charge in [-0.1, -0.05) is 18.2 Å². The normalized spacial score (nSPS) is 12.1. The average Bonchev–Trinajstić information content (AvgIpc) is 2.77. The Balaban J connectivity index is 2.55. The molecule has 0 radical (unpaired) electrons. The van der Waals surface area contributed by atoms with Gasteiger partial charge >= 0.3 is 6.18 Å². The largest absolute Gasteiger partial charge is 0.496 e. The van der Waals surface area contributed by atoms with Gasteiger partial charge in [0.25, 0.3) is 0 Å². The van der Waals surface area contributed by atoms with E-state index in [1.165, 1.54) is 12.1 Å². The number of halogens is 7. The maximum atomic E-state index is 15.0. The van der Waals surface area contributed by atoms with E-state index in [0.717, 1.165) is 26.4 Å². The Morgan fingerprint density at radius 1 is 0.794 bits per heavy atom. The van der Waals surface area contributed by atoms with Crippen LogP contribution in [-0.4, -0.2) is 22.6 Å². The molecule has 0 fully saturated rings. The number of hydrogen-bond donors (Lipinski definition) is 1. The van der Waals surface area contributed by atoms with Crippen LogP contribution in [0.25, 0.3) is 22.3 Å². The SMILES string of the molecule is COc1cc(-c2c(F)c(F)c(F)c(F)c2-c2ccccc2S(N)(=O)=O)cc(OC)c1C(F)(F)F. The summed E-state index contributed by atoms with van der Waals surface area (Å²) in [5.74, 6) is -10.4. The minimum atomic E-state index is -5.00. The van der Waals surface area contributed by atoms with Gasteiger partial charge in [-0.05, 0) is 23.8 Å². The summed E-state index contributed by atoms with van der Waals surface area (Å²) in [7, 11) is -2.88. The van der Waals surface area contributed by atoms with Crippen LogP contribution >= 0.6 is 0 Å². The summed E-state index contributed by atoms with van der Waals surface area (Å²) in [6.07, 6.45) is -5.00. The van der Waals surface area contributed by atoms with E-state index in [2.05, 4.69) is 0 Å². The predicted octanol–water partition coefficient (Wildman–Crippen LogP) is 5.26. The fourth-order valence-electron chi connectivity index (χ4n) is 3.41. The van der Waals surface area contributed by atoms with Crippen LogP contribution in [0.2, 0.25) is 0 Å². The molecule has 0 unspecified atom stereocenters. The topological polar surface area (TPSA) is 78.6 Å². The second-order valence-corrected chi connectivity index (χ2v) is 8.33. The van der Waals surface area contributed by atoms with Gasteiger partial charge in [-0.2, -0.15) is 13.2 Å². The summed E-state index contributed by atoms with van der Waals surface area (Å²) in [5, 5.41) is 5.12. The molecule has 0 heterocycles. The lowest BCUT2D eigenvalue weighted by atomic mass is 9.91. The molecular formula is C21H14F7NO4S. The van der Waals surface area contributed by atoms with Crippen LogP contribution in [0, 0.1) is 23.3 Å². The first-order valence-corrected chi connectivity index (χ1v) is 10.6. The van der Waals surface area contributed by atoms with Gasteiger partial charge in [0.1, 0.15) is 17.1 Å². The molecule has 0 spiro atoms. The number of rotatable bonds is 5. The van der Waals surface area contributed by atoms with E-state index in [0.29, 0.717) is 12.1 Å². The molecule has 2 N–H and O–H groups in total. The van der Waals surface area contributed by atoms with E-state index in [-0.39, 0.29) is 0 Å². The standard InChI is InChI=1S/C21H14F7NO4S/c1-32-11-7-9(8-12(33-2)16(11)21(26,27)28)14-15(18(23)20(25)19(24)17(14)22)10-5-3-4-6-13(10)34(29,30)31/h3-8H,1-2H3,(H2,29,30,31). The Labute approximate surface area is 188 Å². The van der Waals surface area contributed by atoms with Crippen molar-refractivity contribution in [1.29, 1.82) is 0 Å². The summed E-state index contributed by atoms with van der Waals surface area (Å²) in [6, 6.07) is 5.41. The quantitative estimate of drug-likeness (QED) is 0.289. The Hall–Kier alpha value is -3.32. The third-order valence-electron chi connectivity index (χ3n) is 4.81. The van der Waals surface area contributed by atoms with Crippen molar-refractivity contribution in [1.82, 2.24) is 0 Å². The minimum Gasteiger partial charge on any atom is -0.496 e. The molecule has 0 atom stereocenters. The molecular weight excluding hydrogens is 495 g/mol. The zero-order chi connectivity index (χ0) is 25.6. The molecule has 0 saturated heterocycles. The zero-order valence-corrected chi connectivity index (χ0v) is 18.0. The van der Waals surface area contributed by atoms with Crippen molar-refractivity contribution in [2.75, 3.05) is 14.2 Å². The maximum absolute atomic E-state index is 15.0. The molecule has 0 aliphatic heterocycles. The van der Waals surface area contributed by atoms with Gasteiger partial charge in [0.2, 0.25) is 10.0 Å². The van der Waals surface area contributed by atoms with Crippen molar-refractivity contribution in [3.63, 3.8) is 0 Å². The molecule has 182 valence electrons. The van der Waals surface area contributed by atoms with Crippen molar-refractivity contribution in [3.05, 3.63) is 65.2 Å². The summed E-state index contributed by atoms with van der Waals surface area (Å²) < 4.78 is 133. The second kappa shape index (κ2) is 8.80. The molecule has 13 heteroatoms. The van der Waals surface area contributed by atoms with Gasteiger partial charge in [-0.25, -0.2) is 31.1 Å². The van der Waals surface area contributed by atoms with E-state index in [9.17, 15) is 30.4 Å². The molecule has 5 nitrogen and oxygen atoms in total. The monoisotopic (exact) mass is 509 g/mol. The maximum Gasteiger partial charge on any atom is 0.423 e. The Kier molecular flexibility index (Phi) is 6.55. The highest BCUT2D eigenvalue weighted by molar-refractivity contribution is 7.89. The molecule has 3 aromatic carbocycles. The lowest BCUT2D eigenvalue weighted by Crippen LogP contribution is -2.14. The van der Waals surface area contributed by atoms with Crippen LogP contribution in [0.4, 0.5) is 30.7 Å². The van der Waals surface area contributed by atoms with Crippen molar-refractivity contribution < 1.29 is 48.6 Å². The lowest BCUT2D eigenvalue weighted by molar-refractivity contribution is -0.139. The van der Waals surface area contributed by atoms with Crippen LogP contribution in [-0.2, 0) is 16.2 Å². The van der Waals surface area contributed by atoms with Gasteiger partial charge in [-0.15, -0.1) is 0 Å². The van der Waals surface area contributed by atoms with Crippen LogP contribution < -0.4 is 14.6 Å². The van der Waals surface area contributed by atoms with Crippen molar-refractivity contribution in [2.45, 2.75) is 11.1 Å². The third kappa shape index (κ3) is 4.28. The van der Waals surface area contributed by atoms with Gasteiger partial charge in [0.15, 0.2) is 23.3 Å². The highest BCUT2D eigenvalue weighted by atomic mass is 32.2. The smallest absolute Gasteiger partial charge is 0.423 e. The van der Waals surface area contributed by atoms with Crippen molar-refractivity contribution in [3.8, 4) is 33.8 Å². The van der Waals surface area contributed by atoms with Gasteiger partial charge in [0, 0.05) is 16.7 Å². The first kappa shape index (κ1) is 25.3. The molecule has 3 rings (SSSR count). The first-order chi connectivity index (χ1) is 15.7. The number of primary sulfonamides is 1. The third-order valence-corrected chi connectivity index (χ3v) is 5.78. The Morgan fingerprint density at radius 2 is 1.26 bits per heavy atom. The van der Waals surface area contributed by atoms with Gasteiger partial charge in [0.05, 0.1) is 19.1 Å². The van der Waals surface area contributed by atoms with Crippen LogP contribution in [0.15, 0.2) is 41.3 Å². The van der Waals surface area contributed by atoms with Crippen molar-refractivity contribution in [2.24, 2.45) is 5.14 Å². The molecule has 0 aromatic heterocycles. The van der Waals surface area contributed by atoms with Gasteiger partial charge in [-0.3, -0.25) is 0 Å². The highest BCUT2D eigenvalue weighted by Gasteiger charge is 2.39. The molecule has 3 aromatic rings. The Bertz CT molecular complexity index is 1360. The number of methoxy groups -OCH3 is 2. The lowest BCUT2D eigenvalue weighted by Gasteiger charge is -2.20. The number of sulfonamides is 1. The molecule has 0 aliphatic rings. The minimum absolute atomic E-state index is 0.601. The van der Waals surface area contributed by atoms with E-state index in [1.807, 2.05) is 0 Å². The Morgan fingerprint density at radius 3 is 1.71 bits per heavy atom. The van der Waals surface area contributed by atoms with Gasteiger partial charge < -0.3 is 9.47 Å². The zero-order valence-electron chi connectivity index (χ0n) is 17.2. The molecule has 34 heavy (non-hydrogen) atoms. The summed E-state index contributed by atoms with van der Waals surface area (Å²) in [4.78, 5) is -0.772. The van der Waals surface area contributed by atoms with E-state index in [1.54, 1.807) is 0 Å². The number of ether oxygens (including phenoxy) is 2. The molecule has 0 bridgehead atoms. The summed E-state index contributed by atoms with van der Waals surface area (Å²) in [6.45, 7) is 0. The second-order valence-electron chi connectivity index (χ2n) is 6.80. The fraction of sp³-hybridized carbons (Fsp3) is 0.143. The van der Waals surface area contributed by atoms with E-state index < -0.39 is 83.7 Å². The van der Waals surface area contributed by atoms with Crippen LogP contribution in [0.5, 0.6) is 11.5 Å². The number of alkyl halides is 3.